The second kappa shape index (κ2) is 4.83. The molecule has 1 aromatic rings. The van der Waals surface area contributed by atoms with Crippen molar-refractivity contribution in [2.75, 3.05) is 7.11 Å². The van der Waals surface area contributed by atoms with Gasteiger partial charge in [0.1, 0.15) is 5.82 Å². The molecule has 1 aromatic carbocycles. The summed E-state index contributed by atoms with van der Waals surface area (Å²) in [5, 5.41) is 0.0677. The molecule has 88 valence electrons. The lowest BCUT2D eigenvalue weighted by atomic mass is 9.86. The first kappa shape index (κ1) is 13.0. The van der Waals surface area contributed by atoms with E-state index in [4.69, 9.17) is 16.3 Å². The van der Waals surface area contributed by atoms with E-state index < -0.39 is 11.2 Å². The van der Waals surface area contributed by atoms with Gasteiger partial charge in [-0.1, -0.05) is 17.7 Å². The summed E-state index contributed by atoms with van der Waals surface area (Å²) in [7, 11) is 1.35. The molecular formula is C12H14ClFO2. The lowest BCUT2D eigenvalue weighted by Crippen LogP contribution is -2.27. The molecule has 0 fully saturated rings. The number of ether oxygens (including phenoxy) is 1. The molecular weight excluding hydrogens is 231 g/mol. The first-order valence-corrected chi connectivity index (χ1v) is 5.27. The van der Waals surface area contributed by atoms with Gasteiger partial charge in [0.05, 0.1) is 17.5 Å². The molecule has 16 heavy (non-hydrogen) atoms. The Hall–Kier alpha value is -1.09. The SMILES string of the molecule is COC(=O)C(C)(C)Cc1ccc(F)c(Cl)c1. The third kappa shape index (κ3) is 2.95. The summed E-state index contributed by atoms with van der Waals surface area (Å²) in [5.41, 5.74) is 0.164. The number of esters is 1. The van der Waals surface area contributed by atoms with Crippen LogP contribution in [-0.2, 0) is 16.0 Å². The van der Waals surface area contributed by atoms with Crippen LogP contribution in [0.15, 0.2) is 18.2 Å². The molecule has 0 aliphatic carbocycles. The average molecular weight is 245 g/mol. The lowest BCUT2D eigenvalue weighted by Gasteiger charge is -2.21. The summed E-state index contributed by atoms with van der Waals surface area (Å²) in [6, 6.07) is 4.44. The third-order valence-electron chi connectivity index (χ3n) is 2.37. The van der Waals surface area contributed by atoms with Crippen molar-refractivity contribution in [1.82, 2.24) is 0 Å². The number of rotatable bonds is 3. The summed E-state index contributed by atoms with van der Waals surface area (Å²) >= 11 is 5.66. The highest BCUT2D eigenvalue weighted by Gasteiger charge is 2.29. The van der Waals surface area contributed by atoms with E-state index in [0.717, 1.165) is 5.56 Å². The summed E-state index contributed by atoms with van der Waals surface area (Å²) in [5.74, 6) is -0.755. The van der Waals surface area contributed by atoms with Gasteiger partial charge in [0.15, 0.2) is 0 Å². The van der Waals surface area contributed by atoms with Crippen molar-refractivity contribution < 1.29 is 13.9 Å². The number of carbonyl (C=O) groups is 1. The largest absolute Gasteiger partial charge is 0.469 e. The molecule has 0 saturated carbocycles. The molecule has 2 nitrogen and oxygen atoms in total. The van der Waals surface area contributed by atoms with E-state index in [0.29, 0.717) is 6.42 Å². The van der Waals surface area contributed by atoms with Crippen molar-refractivity contribution in [1.29, 1.82) is 0 Å². The van der Waals surface area contributed by atoms with Crippen LogP contribution in [0, 0.1) is 11.2 Å². The van der Waals surface area contributed by atoms with Crippen molar-refractivity contribution in [3.05, 3.63) is 34.6 Å². The fourth-order valence-corrected chi connectivity index (χ4v) is 1.71. The smallest absolute Gasteiger partial charge is 0.311 e. The Balaban J connectivity index is 2.88. The molecule has 0 saturated heterocycles. The number of hydrogen-bond acceptors (Lipinski definition) is 2. The minimum atomic E-state index is -0.643. The van der Waals surface area contributed by atoms with E-state index in [1.165, 1.54) is 19.2 Å². The highest BCUT2D eigenvalue weighted by atomic mass is 35.5. The van der Waals surface area contributed by atoms with Gasteiger partial charge in [-0.3, -0.25) is 4.79 Å². The fraction of sp³-hybridized carbons (Fsp3) is 0.417. The van der Waals surface area contributed by atoms with Gasteiger partial charge in [0, 0.05) is 0 Å². The molecule has 4 heteroatoms. The van der Waals surface area contributed by atoms with Gasteiger partial charge in [-0.05, 0) is 38.0 Å². The average Bonchev–Trinajstić information content (AvgIpc) is 2.22. The van der Waals surface area contributed by atoms with Crippen LogP contribution in [-0.4, -0.2) is 13.1 Å². The molecule has 0 heterocycles. The number of hydrogen-bond donors (Lipinski definition) is 0. The van der Waals surface area contributed by atoms with Crippen molar-refractivity contribution in [3.8, 4) is 0 Å². The van der Waals surface area contributed by atoms with E-state index in [2.05, 4.69) is 0 Å². The zero-order valence-corrected chi connectivity index (χ0v) is 10.3. The van der Waals surface area contributed by atoms with Gasteiger partial charge in [-0.15, -0.1) is 0 Å². The van der Waals surface area contributed by atoms with E-state index >= 15 is 0 Å². The van der Waals surface area contributed by atoms with E-state index in [-0.39, 0.29) is 11.0 Å². The minimum absolute atomic E-state index is 0.0677. The third-order valence-corrected chi connectivity index (χ3v) is 2.66. The van der Waals surface area contributed by atoms with E-state index in [9.17, 15) is 9.18 Å². The topological polar surface area (TPSA) is 26.3 Å². The second-order valence-electron chi connectivity index (χ2n) is 4.30. The Labute approximate surface area is 99.4 Å². The van der Waals surface area contributed by atoms with Crippen LogP contribution < -0.4 is 0 Å². The molecule has 0 aliphatic heterocycles. The van der Waals surface area contributed by atoms with Crippen LogP contribution in [0.5, 0.6) is 0 Å². The van der Waals surface area contributed by atoms with Gasteiger partial charge >= 0.3 is 5.97 Å². The number of methoxy groups -OCH3 is 1. The number of halogens is 2. The maximum absolute atomic E-state index is 12.9. The fourth-order valence-electron chi connectivity index (χ4n) is 1.51. The first-order valence-electron chi connectivity index (χ1n) is 4.89. The summed E-state index contributed by atoms with van der Waals surface area (Å²) in [6.07, 6.45) is 0.458. The Morgan fingerprint density at radius 1 is 1.50 bits per heavy atom. The molecule has 0 radical (unpaired) electrons. The maximum Gasteiger partial charge on any atom is 0.311 e. The molecule has 0 atom stereocenters. The highest BCUT2D eigenvalue weighted by Crippen LogP contribution is 2.25. The minimum Gasteiger partial charge on any atom is -0.469 e. The molecule has 0 unspecified atom stereocenters. The van der Waals surface area contributed by atoms with Crippen molar-refractivity contribution in [2.24, 2.45) is 5.41 Å². The van der Waals surface area contributed by atoms with Gasteiger partial charge in [0.25, 0.3) is 0 Å². The van der Waals surface area contributed by atoms with Crippen LogP contribution in [0.25, 0.3) is 0 Å². The second-order valence-corrected chi connectivity index (χ2v) is 4.71. The van der Waals surface area contributed by atoms with Crippen molar-refractivity contribution in [2.45, 2.75) is 20.3 Å². The van der Waals surface area contributed by atoms with Gasteiger partial charge < -0.3 is 4.74 Å². The van der Waals surface area contributed by atoms with Gasteiger partial charge in [0.2, 0.25) is 0 Å². The predicted octanol–water partition coefficient (Wildman–Crippen LogP) is 3.22. The normalized spacial score (nSPS) is 11.3. The molecule has 0 aromatic heterocycles. The molecule has 1 rings (SSSR count). The Morgan fingerprint density at radius 2 is 2.12 bits per heavy atom. The zero-order valence-electron chi connectivity index (χ0n) is 9.51. The molecule has 0 amide bonds. The quantitative estimate of drug-likeness (QED) is 0.763. The molecule has 0 bridgehead atoms. The maximum atomic E-state index is 12.9. The Bertz CT molecular complexity index is 402. The van der Waals surface area contributed by atoms with Crippen LogP contribution in [0.4, 0.5) is 4.39 Å². The summed E-state index contributed by atoms with van der Waals surface area (Å²) in [4.78, 5) is 11.5. The van der Waals surface area contributed by atoms with Crippen LogP contribution in [0.3, 0.4) is 0 Å². The van der Waals surface area contributed by atoms with E-state index in [1.54, 1.807) is 19.9 Å². The molecule has 0 N–H and O–H groups in total. The van der Waals surface area contributed by atoms with E-state index in [1.807, 2.05) is 0 Å². The number of benzene rings is 1. The Kier molecular flexibility index (Phi) is 3.92. The van der Waals surface area contributed by atoms with Crippen LogP contribution in [0.1, 0.15) is 19.4 Å². The van der Waals surface area contributed by atoms with Crippen molar-refractivity contribution in [3.63, 3.8) is 0 Å². The molecule has 0 spiro atoms. The zero-order chi connectivity index (χ0) is 12.3. The first-order chi connectivity index (χ1) is 7.36. The highest BCUT2D eigenvalue weighted by molar-refractivity contribution is 6.30. The van der Waals surface area contributed by atoms with Crippen molar-refractivity contribution >= 4 is 17.6 Å². The lowest BCUT2D eigenvalue weighted by molar-refractivity contribution is -0.150. The Morgan fingerprint density at radius 3 is 2.62 bits per heavy atom. The van der Waals surface area contributed by atoms with Gasteiger partial charge in [-0.25, -0.2) is 4.39 Å². The standard InChI is InChI=1S/C12H14ClFO2/c1-12(2,11(15)16-3)7-8-4-5-10(14)9(13)6-8/h4-6H,7H2,1-3H3. The monoisotopic (exact) mass is 244 g/mol. The van der Waals surface area contributed by atoms with Gasteiger partial charge in [-0.2, -0.15) is 0 Å². The van der Waals surface area contributed by atoms with Crippen LogP contribution >= 0.6 is 11.6 Å². The number of carbonyl (C=O) groups excluding carboxylic acids is 1. The van der Waals surface area contributed by atoms with Crippen LogP contribution in [0.2, 0.25) is 5.02 Å². The summed E-state index contributed by atoms with van der Waals surface area (Å²) in [6.45, 7) is 3.55. The molecule has 0 aliphatic rings. The predicted molar refractivity (Wildman–Crippen MR) is 60.9 cm³/mol. The summed E-state index contributed by atoms with van der Waals surface area (Å²) < 4.78 is 17.6.